The number of carbonyl (C=O) groups excluding carboxylic acids is 1. The van der Waals surface area contributed by atoms with Gasteiger partial charge >= 0.3 is 0 Å². The van der Waals surface area contributed by atoms with Gasteiger partial charge in [0.15, 0.2) is 6.61 Å². The van der Waals surface area contributed by atoms with Crippen molar-refractivity contribution in [2.45, 2.75) is 20.3 Å². The topological polar surface area (TPSA) is 85.9 Å². The summed E-state index contributed by atoms with van der Waals surface area (Å²) in [6, 6.07) is 5.73. The largest absolute Gasteiger partial charge is 0.384 e. The van der Waals surface area contributed by atoms with Crippen molar-refractivity contribution in [1.29, 1.82) is 0 Å². The molecule has 1 aromatic carbocycles. The number of nitrogens with two attached hydrogens (primary N) is 1. The molecule has 6 nitrogen and oxygen atoms in total. The summed E-state index contributed by atoms with van der Waals surface area (Å²) < 4.78 is 5.21. The fourth-order valence-corrected chi connectivity index (χ4v) is 2.02. The highest BCUT2D eigenvalue weighted by Crippen LogP contribution is 2.14. The first-order chi connectivity index (χ1) is 10.1. The van der Waals surface area contributed by atoms with Crippen LogP contribution < -0.4 is 11.1 Å². The Balaban J connectivity index is 1.79. The van der Waals surface area contributed by atoms with Crippen LogP contribution in [0.15, 0.2) is 23.4 Å². The highest BCUT2D eigenvalue weighted by atomic mass is 16.6. The van der Waals surface area contributed by atoms with Gasteiger partial charge in [-0.1, -0.05) is 11.2 Å². The molecule has 1 heterocycles. The van der Waals surface area contributed by atoms with E-state index < -0.39 is 0 Å². The van der Waals surface area contributed by atoms with Crippen LogP contribution in [0.2, 0.25) is 0 Å². The molecule has 1 fully saturated rings. The molecule has 6 heteroatoms. The first-order valence-corrected chi connectivity index (χ1v) is 6.96. The lowest BCUT2D eigenvalue weighted by molar-refractivity contribution is -0.120. The molecular weight excluding hydrogens is 270 g/mol. The van der Waals surface area contributed by atoms with Crippen LogP contribution in [0.25, 0.3) is 0 Å². The van der Waals surface area contributed by atoms with Crippen molar-refractivity contribution in [2.75, 3.05) is 25.1 Å². The summed E-state index contributed by atoms with van der Waals surface area (Å²) in [6.07, 6.45) is 0.841. The van der Waals surface area contributed by atoms with Crippen LogP contribution in [0.5, 0.6) is 0 Å². The molecule has 3 N–H and O–H groups in total. The van der Waals surface area contributed by atoms with Crippen LogP contribution in [0, 0.1) is 19.8 Å². The zero-order chi connectivity index (χ0) is 15.2. The standard InChI is InChI=1S/C15H21N3O3/c1-10-3-4-13(7-11(10)2)17-14(19)9-21-18-15(16)12-5-6-20-8-12/h3-4,7,12H,5-6,8-9H2,1-2H3,(H2,16,18)(H,17,19)/t12-/m0/s1. The van der Waals surface area contributed by atoms with Gasteiger partial charge in [-0.2, -0.15) is 0 Å². The third-order valence-electron chi connectivity index (χ3n) is 3.50. The van der Waals surface area contributed by atoms with E-state index in [9.17, 15) is 4.79 Å². The van der Waals surface area contributed by atoms with E-state index >= 15 is 0 Å². The average molecular weight is 291 g/mol. The van der Waals surface area contributed by atoms with Gasteiger partial charge in [0.2, 0.25) is 0 Å². The van der Waals surface area contributed by atoms with Crippen molar-refractivity contribution < 1.29 is 14.4 Å². The Morgan fingerprint density at radius 1 is 1.48 bits per heavy atom. The molecule has 1 saturated heterocycles. The summed E-state index contributed by atoms with van der Waals surface area (Å²) in [4.78, 5) is 16.7. The summed E-state index contributed by atoms with van der Waals surface area (Å²) >= 11 is 0. The minimum atomic E-state index is -0.266. The molecule has 0 spiro atoms. The maximum absolute atomic E-state index is 11.7. The SMILES string of the molecule is Cc1ccc(NC(=O)CO/N=C(\N)[C@H]2CCOC2)cc1C. The average Bonchev–Trinajstić information content (AvgIpc) is 2.97. The van der Waals surface area contributed by atoms with Crippen molar-refractivity contribution in [3.8, 4) is 0 Å². The summed E-state index contributed by atoms with van der Waals surface area (Å²) in [5, 5.41) is 6.53. The fourth-order valence-electron chi connectivity index (χ4n) is 2.02. The first-order valence-electron chi connectivity index (χ1n) is 6.96. The van der Waals surface area contributed by atoms with Gasteiger partial charge in [0.1, 0.15) is 5.84 Å². The lowest BCUT2D eigenvalue weighted by Gasteiger charge is -2.08. The molecule has 0 bridgehead atoms. The van der Waals surface area contributed by atoms with Gasteiger partial charge in [0.25, 0.3) is 5.91 Å². The molecule has 114 valence electrons. The highest BCUT2D eigenvalue weighted by molar-refractivity contribution is 5.92. The molecule has 0 saturated carbocycles. The van der Waals surface area contributed by atoms with Crippen molar-refractivity contribution in [1.82, 2.24) is 0 Å². The highest BCUT2D eigenvalue weighted by Gasteiger charge is 2.19. The summed E-state index contributed by atoms with van der Waals surface area (Å²) in [7, 11) is 0. The minimum Gasteiger partial charge on any atom is -0.384 e. The van der Waals surface area contributed by atoms with E-state index in [1.165, 1.54) is 5.56 Å². The molecule has 0 aromatic heterocycles. The van der Waals surface area contributed by atoms with Crippen molar-refractivity contribution in [2.24, 2.45) is 16.8 Å². The van der Waals surface area contributed by atoms with Gasteiger partial charge in [-0.15, -0.1) is 0 Å². The zero-order valence-electron chi connectivity index (χ0n) is 12.4. The fraction of sp³-hybridized carbons (Fsp3) is 0.467. The van der Waals surface area contributed by atoms with E-state index in [1.54, 1.807) is 0 Å². The van der Waals surface area contributed by atoms with Gasteiger partial charge in [-0.25, -0.2) is 0 Å². The zero-order valence-corrected chi connectivity index (χ0v) is 12.4. The molecule has 21 heavy (non-hydrogen) atoms. The van der Waals surface area contributed by atoms with Crippen LogP contribution in [0.3, 0.4) is 0 Å². The maximum Gasteiger partial charge on any atom is 0.265 e. The van der Waals surface area contributed by atoms with E-state index in [2.05, 4.69) is 10.5 Å². The summed E-state index contributed by atoms with van der Waals surface area (Å²) in [5.74, 6) is 0.205. The molecule has 1 amide bonds. The number of hydrogen-bond donors (Lipinski definition) is 2. The smallest absolute Gasteiger partial charge is 0.265 e. The third-order valence-corrected chi connectivity index (χ3v) is 3.50. The number of ether oxygens (including phenoxy) is 1. The second kappa shape index (κ2) is 7.08. The van der Waals surface area contributed by atoms with E-state index in [-0.39, 0.29) is 18.4 Å². The van der Waals surface area contributed by atoms with Crippen molar-refractivity contribution >= 4 is 17.4 Å². The number of benzene rings is 1. The first kappa shape index (κ1) is 15.3. The Morgan fingerprint density at radius 2 is 2.29 bits per heavy atom. The Labute approximate surface area is 124 Å². The number of anilines is 1. The normalized spacial score (nSPS) is 18.6. The molecule has 0 radical (unpaired) electrons. The molecular formula is C15H21N3O3. The van der Waals surface area contributed by atoms with Crippen LogP contribution in [-0.4, -0.2) is 31.6 Å². The van der Waals surface area contributed by atoms with Gasteiger partial charge in [-0.05, 0) is 43.5 Å². The second-order valence-electron chi connectivity index (χ2n) is 5.20. The quantitative estimate of drug-likeness (QED) is 0.490. The number of nitrogens with zero attached hydrogens (tertiary/aromatic N) is 1. The molecule has 1 aromatic rings. The Morgan fingerprint density at radius 3 is 2.95 bits per heavy atom. The maximum atomic E-state index is 11.7. The number of nitrogens with one attached hydrogen (secondary N) is 1. The Hall–Kier alpha value is -2.08. The molecule has 0 aliphatic carbocycles. The Bertz CT molecular complexity index is 537. The van der Waals surface area contributed by atoms with Gasteiger partial charge in [0.05, 0.1) is 6.61 Å². The van der Waals surface area contributed by atoms with Gasteiger partial charge in [-0.3, -0.25) is 4.79 Å². The van der Waals surface area contributed by atoms with E-state index in [1.807, 2.05) is 32.0 Å². The third kappa shape index (κ3) is 4.46. The monoisotopic (exact) mass is 291 g/mol. The molecule has 2 rings (SSSR count). The van der Waals surface area contributed by atoms with Crippen molar-refractivity contribution in [3.63, 3.8) is 0 Å². The van der Waals surface area contributed by atoms with Crippen LogP contribution in [-0.2, 0) is 14.4 Å². The summed E-state index contributed by atoms with van der Waals surface area (Å²) in [6.45, 7) is 5.10. The summed E-state index contributed by atoms with van der Waals surface area (Å²) in [5.41, 5.74) is 8.81. The number of aryl methyl sites for hydroxylation is 2. The Kier molecular flexibility index (Phi) is 5.16. The van der Waals surface area contributed by atoms with Crippen LogP contribution in [0.1, 0.15) is 17.5 Å². The van der Waals surface area contributed by atoms with E-state index in [0.717, 1.165) is 17.7 Å². The van der Waals surface area contributed by atoms with Gasteiger partial charge in [0, 0.05) is 18.2 Å². The second-order valence-corrected chi connectivity index (χ2v) is 5.20. The lowest BCUT2D eigenvalue weighted by Crippen LogP contribution is -2.25. The minimum absolute atomic E-state index is 0.0906. The van der Waals surface area contributed by atoms with E-state index in [0.29, 0.717) is 19.0 Å². The predicted molar refractivity (Wildman–Crippen MR) is 81.0 cm³/mol. The molecule has 0 unspecified atom stereocenters. The molecule has 1 atom stereocenters. The number of carbonyl (C=O) groups is 1. The molecule has 1 aliphatic heterocycles. The van der Waals surface area contributed by atoms with Gasteiger partial charge < -0.3 is 20.6 Å². The number of hydrogen-bond acceptors (Lipinski definition) is 4. The predicted octanol–water partition coefficient (Wildman–Crippen LogP) is 1.57. The number of amides is 1. The number of oxime groups is 1. The van der Waals surface area contributed by atoms with E-state index in [4.69, 9.17) is 15.3 Å². The van der Waals surface area contributed by atoms with Crippen molar-refractivity contribution in [3.05, 3.63) is 29.3 Å². The van der Waals surface area contributed by atoms with Crippen LogP contribution >= 0.6 is 0 Å². The molecule has 1 aliphatic rings. The number of rotatable bonds is 5. The van der Waals surface area contributed by atoms with Crippen LogP contribution in [0.4, 0.5) is 5.69 Å². The number of amidine groups is 1. The lowest BCUT2D eigenvalue weighted by atomic mass is 10.1.